The fraction of sp³-hybridized carbons (Fsp3) is 0.486. The lowest BCUT2D eigenvalue weighted by atomic mass is 10.1. The molecule has 5 aliphatic rings. The molecule has 6 rings (SSSR count). The first-order chi connectivity index (χ1) is 24.5. The van der Waals surface area contributed by atoms with E-state index >= 15 is 0 Å². The van der Waals surface area contributed by atoms with Crippen molar-refractivity contribution in [1.82, 2.24) is 14.7 Å². The van der Waals surface area contributed by atoms with Crippen molar-refractivity contribution in [3.8, 4) is 0 Å². The van der Waals surface area contributed by atoms with Crippen LogP contribution < -0.4 is 0 Å². The zero-order chi connectivity index (χ0) is 39.3. The normalized spacial score (nSPS) is 19.9. The summed E-state index contributed by atoms with van der Waals surface area (Å²) < 4.78 is 1.09. The van der Waals surface area contributed by atoms with Gasteiger partial charge in [-0.25, -0.2) is 4.79 Å². The van der Waals surface area contributed by atoms with Crippen molar-refractivity contribution in [2.75, 3.05) is 33.7 Å². The number of nitrogens with zero attached hydrogens (tertiary/aromatic N) is 3. The number of carboxylic acids is 1. The van der Waals surface area contributed by atoms with Crippen LogP contribution in [-0.4, -0.2) is 109 Å². The van der Waals surface area contributed by atoms with Crippen LogP contribution in [-0.2, 0) is 35.2 Å². The second-order valence-corrected chi connectivity index (χ2v) is 16.1. The summed E-state index contributed by atoms with van der Waals surface area (Å²) in [6.45, 7) is 12.0. The number of carbonyl (C=O) groups excluding carboxylic acids is 7. The fourth-order valence-electron chi connectivity index (χ4n) is 4.93. The third kappa shape index (κ3) is 12.7. The maximum Gasteiger partial charge on any atom is 0.345 e. The second kappa shape index (κ2) is 21.5. The molecular weight excluding hydrogens is 767 g/mol. The minimum atomic E-state index is -0.942. The van der Waals surface area contributed by atoms with Gasteiger partial charge in [0, 0.05) is 56.6 Å². The highest BCUT2D eigenvalue weighted by Crippen LogP contribution is 2.33. The zero-order valence-electron chi connectivity index (χ0n) is 30.0. The molecule has 0 aromatic carbocycles. The largest absolute Gasteiger partial charge is 0.477 e. The van der Waals surface area contributed by atoms with Crippen LogP contribution in [0, 0.1) is 5.92 Å². The van der Waals surface area contributed by atoms with Crippen molar-refractivity contribution in [3.63, 3.8) is 0 Å². The van der Waals surface area contributed by atoms with Crippen molar-refractivity contribution in [2.45, 2.75) is 72.6 Å². The highest BCUT2D eigenvalue weighted by molar-refractivity contribution is 8.27. The Balaban J connectivity index is 0.000000234. The predicted octanol–water partition coefficient (Wildman–Crippen LogP) is 5.52. The van der Waals surface area contributed by atoms with E-state index in [-0.39, 0.29) is 64.9 Å². The van der Waals surface area contributed by atoms with Gasteiger partial charge < -0.3 is 10.0 Å². The maximum absolute atomic E-state index is 11.6. The molecule has 0 radical (unpaired) electrons. The number of carbonyl (C=O) groups is 8. The summed E-state index contributed by atoms with van der Waals surface area (Å²) in [5, 5.41) is 8.63. The Morgan fingerprint density at radius 2 is 1.29 bits per heavy atom. The summed E-state index contributed by atoms with van der Waals surface area (Å²) >= 11 is 13.5. The van der Waals surface area contributed by atoms with Crippen molar-refractivity contribution in [1.29, 1.82) is 0 Å². The number of fused-ring (bicyclic) bond motifs is 1. The molecule has 2 saturated carbocycles. The lowest BCUT2D eigenvalue weighted by molar-refractivity contribution is -0.125. The van der Waals surface area contributed by atoms with Crippen LogP contribution in [0.25, 0.3) is 0 Å². The maximum atomic E-state index is 11.6. The summed E-state index contributed by atoms with van der Waals surface area (Å²) in [4.78, 5) is 95.2. The predicted molar refractivity (Wildman–Crippen MR) is 212 cm³/mol. The monoisotopic (exact) mass is 809 g/mol. The highest BCUT2D eigenvalue weighted by atomic mass is 32.2. The first-order valence-electron chi connectivity index (χ1n) is 16.6. The number of amides is 2. The first-order valence-corrected chi connectivity index (χ1v) is 19.8. The van der Waals surface area contributed by atoms with E-state index in [4.69, 9.17) is 29.5 Å². The summed E-state index contributed by atoms with van der Waals surface area (Å²) in [6, 6.07) is 1.48. The van der Waals surface area contributed by atoms with E-state index in [0.29, 0.717) is 44.8 Å². The van der Waals surface area contributed by atoms with Crippen molar-refractivity contribution in [3.05, 3.63) is 43.3 Å². The number of allylic oxidation sites excluding steroid dienone is 2. The molecule has 3 aliphatic carbocycles. The molecule has 12 nitrogen and oxygen atoms in total. The van der Waals surface area contributed by atoms with Crippen molar-refractivity contribution >= 4 is 115 Å². The zero-order valence-corrected chi connectivity index (χ0v) is 34.1. The Morgan fingerprint density at radius 3 is 1.60 bits per heavy atom. The van der Waals surface area contributed by atoms with Crippen molar-refractivity contribution < 1.29 is 43.5 Å². The van der Waals surface area contributed by atoms with Gasteiger partial charge in [0.25, 0.3) is 11.8 Å². The average molecular weight is 810 g/mol. The number of ketones is 5. The Bertz CT molecular complexity index is 1660. The van der Waals surface area contributed by atoms with Gasteiger partial charge in [-0.3, -0.25) is 43.4 Å². The number of thiocarbonyl (C=S) groups is 2. The van der Waals surface area contributed by atoms with E-state index in [1.807, 2.05) is 6.92 Å². The van der Waals surface area contributed by atoms with E-state index in [2.05, 4.69) is 25.7 Å². The van der Waals surface area contributed by atoms with Gasteiger partial charge in [-0.2, -0.15) is 0 Å². The Kier molecular flexibility index (Phi) is 18.6. The summed E-state index contributed by atoms with van der Waals surface area (Å²) in [6.07, 6.45) is 6.23. The number of likely N-dealkylation sites (N-methyl/N-ethyl adjacent to an activating group) is 2. The highest BCUT2D eigenvalue weighted by Gasteiger charge is 2.35. The molecule has 4 fully saturated rings. The van der Waals surface area contributed by atoms with Gasteiger partial charge in [0.15, 0.2) is 5.78 Å². The molecule has 0 spiro atoms. The molecule has 1 N–H and O–H groups in total. The Morgan fingerprint density at radius 1 is 0.808 bits per heavy atom. The average Bonchev–Trinajstić information content (AvgIpc) is 3.96. The van der Waals surface area contributed by atoms with Gasteiger partial charge in [-0.1, -0.05) is 74.8 Å². The van der Waals surface area contributed by atoms with Gasteiger partial charge in [0.2, 0.25) is 0 Å². The second-order valence-electron chi connectivity index (χ2n) is 11.6. The van der Waals surface area contributed by atoms with Crippen LogP contribution in [0.4, 0.5) is 0 Å². The van der Waals surface area contributed by atoms with Crippen LogP contribution in [0.3, 0.4) is 0 Å². The SMILES string of the molecule is C/C=C1\SC(=S)N(C)C1=O.CCN(CC)CC.CN1C(=O)/C(=C/C2C(=O)CCC2=O)SC1=S.O=C(O)c1cc2c(s1)CCC2=O.O=C1CCC(=O)C1. The van der Waals surface area contributed by atoms with Crippen LogP contribution >= 0.6 is 59.3 Å². The van der Waals surface area contributed by atoms with Crippen LogP contribution in [0.5, 0.6) is 0 Å². The summed E-state index contributed by atoms with van der Waals surface area (Å²) in [5.41, 5.74) is 0.623. The lowest BCUT2D eigenvalue weighted by Crippen LogP contribution is -2.23. The van der Waals surface area contributed by atoms with Crippen molar-refractivity contribution in [2.24, 2.45) is 5.92 Å². The number of aromatic carboxylic acids is 1. The van der Waals surface area contributed by atoms with E-state index in [0.717, 1.165) is 21.5 Å². The number of Topliss-reactive ketones (excluding diaryl/α,β-unsaturated/α-hetero) is 5. The number of aryl methyl sites for hydroxylation is 1. The van der Waals surface area contributed by atoms with Crippen LogP contribution in [0.2, 0.25) is 0 Å². The number of thiophene rings is 1. The molecule has 2 aliphatic heterocycles. The van der Waals surface area contributed by atoms with Gasteiger partial charge >= 0.3 is 5.97 Å². The molecule has 0 atom stereocenters. The molecule has 1 aromatic rings. The number of thioether (sulfide) groups is 2. The molecule has 0 unspecified atom stereocenters. The molecule has 3 heterocycles. The minimum absolute atomic E-state index is 0.0116. The Hall–Kier alpha value is -3.22. The minimum Gasteiger partial charge on any atom is -0.477 e. The quantitative estimate of drug-likeness (QED) is 0.224. The molecule has 1 aromatic heterocycles. The van der Waals surface area contributed by atoms with Gasteiger partial charge in [0.05, 0.1) is 22.1 Å². The third-order valence-electron chi connectivity index (χ3n) is 8.18. The first kappa shape index (κ1) is 44.9. The Labute approximate surface area is 326 Å². The molecule has 2 saturated heterocycles. The van der Waals surface area contributed by atoms with E-state index in [9.17, 15) is 38.4 Å². The smallest absolute Gasteiger partial charge is 0.345 e. The summed E-state index contributed by atoms with van der Waals surface area (Å²) in [5.74, 6) is -1.83. The molecule has 0 bridgehead atoms. The molecule has 2 amide bonds. The van der Waals surface area contributed by atoms with E-state index in [1.165, 1.54) is 64.7 Å². The third-order valence-corrected chi connectivity index (χ3v) is 12.5. The number of hydrogen-bond donors (Lipinski definition) is 1. The van der Waals surface area contributed by atoms with Crippen LogP contribution in [0.15, 0.2) is 28.0 Å². The lowest BCUT2D eigenvalue weighted by Gasteiger charge is -2.13. The van der Waals surface area contributed by atoms with Gasteiger partial charge in [0.1, 0.15) is 36.7 Å². The number of carboxylic acid groups (broad SMARTS) is 1. The number of hydrogen-bond acceptors (Lipinski definition) is 14. The van der Waals surface area contributed by atoms with Crippen LogP contribution in [0.1, 0.15) is 91.1 Å². The topological polar surface area (TPSA) is 167 Å². The van der Waals surface area contributed by atoms with Gasteiger partial charge in [-0.05, 0) is 45.1 Å². The summed E-state index contributed by atoms with van der Waals surface area (Å²) in [7, 11) is 3.27. The number of rotatable bonds is 5. The van der Waals surface area contributed by atoms with Gasteiger partial charge in [-0.15, -0.1) is 11.3 Å². The van der Waals surface area contributed by atoms with E-state index < -0.39 is 11.9 Å². The van der Waals surface area contributed by atoms with E-state index in [1.54, 1.807) is 20.2 Å². The standard InChI is InChI=1S/C10H9NO3S2.C8H6O3S.C6H7NOS2.C6H15N.C5H6O2/c1-11-9(14)8(16-10(11)15)4-5-6(12)2-3-7(5)13;9-5-1-2-6-4(5)3-7(12-6)8(10)11;1-3-4-5(8)7(2)6(9)10-4;1-4-7(5-2)6-3;6-4-1-2-5(7)3-4/h4-5H,2-3H2,1H3;3H,1-2H2,(H,10,11);3H,1-2H3;4-6H2,1-3H3;1-3H2/b8-4-;;4-3-;;. The fourth-order valence-corrected chi connectivity index (χ4v) is 8.24. The molecular formula is C35H43N3O9S5. The molecule has 282 valence electrons. The molecule has 17 heteroatoms. The molecule has 52 heavy (non-hydrogen) atoms.